The van der Waals surface area contributed by atoms with E-state index in [1.807, 2.05) is 0 Å². The van der Waals surface area contributed by atoms with Gasteiger partial charge in [-0.05, 0) is 17.7 Å². The van der Waals surface area contributed by atoms with Crippen LogP contribution in [0.3, 0.4) is 0 Å². The van der Waals surface area contributed by atoms with Crippen LogP contribution in [0.4, 0.5) is 0 Å². The second kappa shape index (κ2) is 4.89. The molecule has 0 radical (unpaired) electrons. The number of imidazole rings is 1. The number of hydrogen-bond donors (Lipinski definition) is 0. The average Bonchev–Trinajstić information content (AvgIpc) is 2.85. The smallest absolute Gasteiger partial charge is 0.328 e. The van der Waals surface area contributed by atoms with E-state index in [1.54, 1.807) is 42.9 Å². The minimum atomic E-state index is -0.388. The summed E-state index contributed by atoms with van der Waals surface area (Å²) in [6, 6.07) is 7.05. The molecule has 0 unspecified atom stereocenters. The van der Waals surface area contributed by atoms with E-state index >= 15 is 0 Å². The zero-order chi connectivity index (χ0) is 15.1. The second-order valence-corrected chi connectivity index (χ2v) is 5.32. The number of aryl methyl sites for hydroxylation is 2. The Morgan fingerprint density at radius 2 is 1.81 bits per heavy atom. The van der Waals surface area contributed by atoms with Crippen molar-refractivity contribution in [3.8, 4) is 0 Å². The Bertz CT molecular complexity index is 934. The highest BCUT2D eigenvalue weighted by Crippen LogP contribution is 2.10. The SMILES string of the molecule is Cn1cnc2c1c(=O)n(Cc1ccc(Cl)cc1)c(=O)n2C. The summed E-state index contributed by atoms with van der Waals surface area (Å²) in [4.78, 5) is 28.9. The molecule has 0 saturated heterocycles. The molecule has 0 aliphatic rings. The van der Waals surface area contributed by atoms with Gasteiger partial charge in [-0.1, -0.05) is 23.7 Å². The Labute approximate surface area is 124 Å². The fourth-order valence-corrected chi connectivity index (χ4v) is 2.43. The van der Waals surface area contributed by atoms with Gasteiger partial charge in [0, 0.05) is 19.1 Å². The molecule has 3 aromatic rings. The maximum atomic E-state index is 12.5. The van der Waals surface area contributed by atoms with E-state index in [1.165, 1.54) is 15.5 Å². The first-order valence-electron chi connectivity index (χ1n) is 6.34. The molecule has 1 aromatic carbocycles. The lowest BCUT2D eigenvalue weighted by atomic mass is 10.2. The maximum Gasteiger partial charge on any atom is 0.332 e. The lowest BCUT2D eigenvalue weighted by Gasteiger charge is -2.08. The topological polar surface area (TPSA) is 61.8 Å². The van der Waals surface area contributed by atoms with Crippen LogP contribution >= 0.6 is 11.6 Å². The molecule has 0 atom stereocenters. The predicted octanol–water partition coefficient (Wildman–Crippen LogP) is 1.14. The fourth-order valence-electron chi connectivity index (χ4n) is 2.31. The largest absolute Gasteiger partial charge is 0.332 e. The predicted molar refractivity (Wildman–Crippen MR) is 80.8 cm³/mol. The summed E-state index contributed by atoms with van der Waals surface area (Å²) in [5.41, 5.74) is 0.898. The summed E-state index contributed by atoms with van der Waals surface area (Å²) in [5, 5.41) is 0.612. The Morgan fingerprint density at radius 3 is 2.48 bits per heavy atom. The van der Waals surface area contributed by atoms with Crippen molar-refractivity contribution in [3.63, 3.8) is 0 Å². The number of nitrogens with zero attached hydrogens (tertiary/aromatic N) is 4. The summed E-state index contributed by atoms with van der Waals surface area (Å²) >= 11 is 5.84. The van der Waals surface area contributed by atoms with Crippen LogP contribution in [0.5, 0.6) is 0 Å². The molecule has 0 aliphatic carbocycles. The molecule has 3 rings (SSSR count). The Kier molecular flexibility index (Phi) is 3.17. The van der Waals surface area contributed by atoms with Crippen LogP contribution in [-0.4, -0.2) is 18.7 Å². The van der Waals surface area contributed by atoms with Crippen LogP contribution in [0.2, 0.25) is 5.02 Å². The summed E-state index contributed by atoms with van der Waals surface area (Å²) < 4.78 is 4.20. The average molecular weight is 305 g/mol. The van der Waals surface area contributed by atoms with E-state index in [-0.39, 0.29) is 17.8 Å². The lowest BCUT2D eigenvalue weighted by molar-refractivity contribution is 0.655. The molecule has 0 fully saturated rings. The highest BCUT2D eigenvalue weighted by atomic mass is 35.5. The van der Waals surface area contributed by atoms with Crippen LogP contribution in [-0.2, 0) is 20.6 Å². The standard InChI is InChI=1S/C14H13ClN4O2/c1-17-8-16-12-11(17)13(20)19(14(21)18(12)2)7-9-3-5-10(15)6-4-9/h3-6,8H,7H2,1-2H3. The van der Waals surface area contributed by atoms with E-state index < -0.39 is 0 Å². The first-order valence-corrected chi connectivity index (χ1v) is 6.72. The third-order valence-electron chi connectivity index (χ3n) is 3.45. The number of aromatic nitrogens is 4. The molecule has 0 amide bonds. The molecule has 0 spiro atoms. The highest BCUT2D eigenvalue weighted by molar-refractivity contribution is 6.30. The van der Waals surface area contributed by atoms with Gasteiger partial charge in [-0.15, -0.1) is 0 Å². The van der Waals surface area contributed by atoms with Crippen molar-refractivity contribution < 1.29 is 0 Å². The van der Waals surface area contributed by atoms with Crippen LogP contribution in [0.1, 0.15) is 5.56 Å². The first-order chi connectivity index (χ1) is 9.99. The number of hydrogen-bond acceptors (Lipinski definition) is 3. The van der Waals surface area contributed by atoms with Gasteiger partial charge in [0.25, 0.3) is 5.56 Å². The molecular weight excluding hydrogens is 292 g/mol. The second-order valence-electron chi connectivity index (χ2n) is 4.89. The molecule has 7 heteroatoms. The number of rotatable bonds is 2. The lowest BCUT2D eigenvalue weighted by Crippen LogP contribution is -2.39. The fraction of sp³-hybridized carbons (Fsp3) is 0.214. The van der Waals surface area contributed by atoms with Gasteiger partial charge < -0.3 is 4.57 Å². The van der Waals surface area contributed by atoms with Crippen molar-refractivity contribution in [1.29, 1.82) is 0 Å². The number of benzene rings is 1. The molecule has 0 bridgehead atoms. The van der Waals surface area contributed by atoms with Crippen LogP contribution in [0, 0.1) is 0 Å². The van der Waals surface area contributed by atoms with Crippen LogP contribution < -0.4 is 11.2 Å². The molecule has 21 heavy (non-hydrogen) atoms. The number of fused-ring (bicyclic) bond motifs is 1. The monoisotopic (exact) mass is 304 g/mol. The van der Waals surface area contributed by atoms with Gasteiger partial charge in [-0.25, -0.2) is 9.78 Å². The third kappa shape index (κ3) is 2.17. The van der Waals surface area contributed by atoms with Crippen molar-refractivity contribution in [3.05, 3.63) is 62.0 Å². The van der Waals surface area contributed by atoms with E-state index in [0.717, 1.165) is 5.56 Å². The van der Waals surface area contributed by atoms with Gasteiger partial charge in [0.15, 0.2) is 11.2 Å². The zero-order valence-corrected chi connectivity index (χ0v) is 12.3. The van der Waals surface area contributed by atoms with Gasteiger partial charge in [0.05, 0.1) is 12.9 Å². The number of halogens is 1. The summed E-state index contributed by atoms with van der Waals surface area (Å²) in [6.07, 6.45) is 1.53. The van der Waals surface area contributed by atoms with Gasteiger partial charge >= 0.3 is 5.69 Å². The summed E-state index contributed by atoms with van der Waals surface area (Å²) in [7, 11) is 3.34. The Balaban J connectivity index is 2.23. The van der Waals surface area contributed by atoms with E-state index in [9.17, 15) is 9.59 Å². The van der Waals surface area contributed by atoms with Crippen molar-refractivity contribution in [2.45, 2.75) is 6.54 Å². The van der Waals surface area contributed by atoms with E-state index in [0.29, 0.717) is 16.2 Å². The van der Waals surface area contributed by atoms with Crippen LogP contribution in [0.25, 0.3) is 11.2 Å². The molecule has 2 aromatic heterocycles. The molecule has 0 N–H and O–H groups in total. The molecule has 108 valence electrons. The summed E-state index contributed by atoms with van der Waals surface area (Å²) in [5.74, 6) is 0. The molecule has 0 aliphatic heterocycles. The van der Waals surface area contributed by atoms with Gasteiger partial charge in [0.2, 0.25) is 0 Å². The summed E-state index contributed by atoms with van der Waals surface area (Å²) in [6.45, 7) is 0.198. The van der Waals surface area contributed by atoms with Crippen molar-refractivity contribution >= 4 is 22.8 Å². The molecule has 0 saturated carbocycles. The van der Waals surface area contributed by atoms with Gasteiger partial charge in [-0.3, -0.25) is 13.9 Å². The quantitative estimate of drug-likeness (QED) is 0.713. The van der Waals surface area contributed by atoms with Crippen molar-refractivity contribution in [2.24, 2.45) is 14.1 Å². The normalized spacial score (nSPS) is 11.2. The van der Waals surface area contributed by atoms with Gasteiger partial charge in [-0.2, -0.15) is 0 Å². The maximum absolute atomic E-state index is 12.5. The zero-order valence-electron chi connectivity index (χ0n) is 11.6. The third-order valence-corrected chi connectivity index (χ3v) is 3.71. The molecule has 6 nitrogen and oxygen atoms in total. The van der Waals surface area contributed by atoms with Crippen molar-refractivity contribution in [1.82, 2.24) is 18.7 Å². The van der Waals surface area contributed by atoms with E-state index in [4.69, 9.17) is 11.6 Å². The van der Waals surface area contributed by atoms with Crippen molar-refractivity contribution in [2.75, 3.05) is 0 Å². The minimum Gasteiger partial charge on any atom is -0.328 e. The Morgan fingerprint density at radius 1 is 1.14 bits per heavy atom. The van der Waals surface area contributed by atoms with E-state index in [2.05, 4.69) is 4.98 Å². The minimum absolute atomic E-state index is 0.198. The molecule has 2 heterocycles. The Hall–Kier alpha value is -2.34. The first kappa shape index (κ1) is 13.6. The molecular formula is C14H13ClN4O2. The van der Waals surface area contributed by atoms with Crippen LogP contribution in [0.15, 0.2) is 40.2 Å². The highest BCUT2D eigenvalue weighted by Gasteiger charge is 2.14. The van der Waals surface area contributed by atoms with Gasteiger partial charge in [0.1, 0.15) is 0 Å².